The SMILES string of the molecule is OC(c1ccccc1)(c1ccc(-c2cncc(C(c3cccnc3)C(O)(c3cccnc3)c3ncc(-c4cncc(C(c5cccnc5)C(O)(c5ccccc5)c5ncccn5)c4)cn3)c2)cc1)C(C1=CI=CC=C1)c1cccnc1. The van der Waals surface area contributed by atoms with Crippen molar-refractivity contribution in [1.82, 2.24) is 49.8 Å². The highest BCUT2D eigenvalue weighted by atomic mass is 127. The summed E-state index contributed by atoms with van der Waals surface area (Å²) in [5.74, 6) is -1.78. The van der Waals surface area contributed by atoms with Crippen molar-refractivity contribution in [2.75, 3.05) is 0 Å². The molecule has 3 aromatic carbocycles. The Morgan fingerprint density at radius 3 is 1.30 bits per heavy atom. The van der Waals surface area contributed by atoms with Crippen LogP contribution in [0.5, 0.6) is 0 Å². The molecule has 3 N–H and O–H groups in total. The molecular weight excluding hydrogens is 1120 g/mol. The van der Waals surface area contributed by atoms with E-state index in [9.17, 15) is 15.3 Å². The monoisotopic (exact) mass is 1170 g/mol. The molecule has 1 aliphatic rings. The zero-order valence-corrected chi connectivity index (χ0v) is 45.6. The molecule has 0 aliphatic carbocycles. The molecule has 1 aliphatic heterocycles. The van der Waals surface area contributed by atoms with E-state index in [2.05, 4.69) is 50.2 Å². The first-order chi connectivity index (χ1) is 39.8. The van der Waals surface area contributed by atoms with E-state index >= 15 is 0 Å². The molecule has 0 saturated carbocycles. The molecule has 12 rings (SSSR count). The van der Waals surface area contributed by atoms with Gasteiger partial charge in [-0.25, -0.2) is 19.9 Å². The summed E-state index contributed by atoms with van der Waals surface area (Å²) < 4.78 is 4.48. The Kier molecular flexibility index (Phi) is 15.0. The van der Waals surface area contributed by atoms with Gasteiger partial charge in [-0.15, -0.1) is 0 Å². The summed E-state index contributed by atoms with van der Waals surface area (Å²) in [4.78, 5) is 46.7. The zero-order chi connectivity index (χ0) is 55.1. The van der Waals surface area contributed by atoms with Crippen molar-refractivity contribution in [3.05, 3.63) is 334 Å². The van der Waals surface area contributed by atoms with E-state index in [1.165, 1.54) is 0 Å². The topological polar surface area (TPSA) is 190 Å². The molecule has 394 valence electrons. The smallest absolute Gasteiger partial charge is 0.165 e. The fourth-order valence-corrected chi connectivity index (χ4v) is 12.8. The van der Waals surface area contributed by atoms with Gasteiger partial charge < -0.3 is 15.3 Å². The van der Waals surface area contributed by atoms with Gasteiger partial charge in [0.1, 0.15) is 5.60 Å². The number of halogens is 1. The number of allylic oxidation sites excluding steroid dienone is 2. The van der Waals surface area contributed by atoms with Gasteiger partial charge in [-0.2, -0.15) is 0 Å². The Hall–Kier alpha value is -9.32. The second-order valence-electron chi connectivity index (χ2n) is 19.6. The van der Waals surface area contributed by atoms with Crippen LogP contribution in [0.1, 0.15) is 79.5 Å². The van der Waals surface area contributed by atoms with Gasteiger partial charge in [-0.05, 0) is 106 Å². The molecular formula is C67H51IN10O3. The lowest BCUT2D eigenvalue weighted by atomic mass is 9.70. The molecule has 0 bridgehead atoms. The molecule has 11 aromatic rings. The van der Waals surface area contributed by atoms with Gasteiger partial charge in [0.05, 0.1) is 11.8 Å². The molecule has 13 nitrogen and oxygen atoms in total. The van der Waals surface area contributed by atoms with Crippen molar-refractivity contribution >= 4 is 24.7 Å². The van der Waals surface area contributed by atoms with Crippen LogP contribution in [0.15, 0.2) is 273 Å². The van der Waals surface area contributed by atoms with Crippen molar-refractivity contribution in [3.63, 3.8) is 0 Å². The van der Waals surface area contributed by atoms with E-state index in [0.717, 1.165) is 27.8 Å². The molecule has 0 amide bonds. The van der Waals surface area contributed by atoms with Crippen molar-refractivity contribution in [2.45, 2.75) is 34.6 Å². The fourth-order valence-electron chi connectivity index (χ4n) is 11.1. The maximum absolute atomic E-state index is 13.8. The second-order valence-corrected chi connectivity index (χ2v) is 21.7. The molecule has 0 spiro atoms. The fraction of sp³-hybridized carbons (Fsp3) is 0.0896. The van der Waals surface area contributed by atoms with Crippen LogP contribution < -0.4 is 0 Å². The highest BCUT2D eigenvalue weighted by Gasteiger charge is 2.48. The normalized spacial score (nSPS) is 15.6. The van der Waals surface area contributed by atoms with Crippen LogP contribution in [0.2, 0.25) is 0 Å². The number of rotatable bonds is 17. The van der Waals surface area contributed by atoms with E-state index in [-0.39, 0.29) is 32.4 Å². The van der Waals surface area contributed by atoms with Crippen LogP contribution in [0.4, 0.5) is 0 Å². The molecule has 0 radical (unpaired) electrons. The number of benzene rings is 3. The quantitative estimate of drug-likeness (QED) is 0.0731. The zero-order valence-electron chi connectivity index (χ0n) is 43.4. The summed E-state index contributed by atoms with van der Waals surface area (Å²) in [6.07, 6.45) is 31.4. The Balaban J connectivity index is 0.934. The maximum Gasteiger partial charge on any atom is 0.165 e. The van der Waals surface area contributed by atoms with E-state index < -0.39 is 34.6 Å². The van der Waals surface area contributed by atoms with Crippen LogP contribution in [-0.4, -0.2) is 69.2 Å². The third-order valence-corrected chi connectivity index (χ3v) is 16.8. The lowest BCUT2D eigenvalue weighted by Gasteiger charge is -2.38. The van der Waals surface area contributed by atoms with Crippen LogP contribution in [0, 0.1) is 0 Å². The molecule has 8 aromatic heterocycles. The van der Waals surface area contributed by atoms with E-state index in [1.807, 2.05) is 146 Å². The number of hydrogen-bond acceptors (Lipinski definition) is 13. The third-order valence-electron chi connectivity index (χ3n) is 14.9. The number of nitrogens with zero attached hydrogens (tertiary/aromatic N) is 10. The van der Waals surface area contributed by atoms with Crippen molar-refractivity contribution < 1.29 is 15.3 Å². The largest absolute Gasteiger partial charge is 0.379 e. The summed E-state index contributed by atoms with van der Waals surface area (Å²) in [6, 6.07) is 47.8. The Morgan fingerprint density at radius 1 is 0.333 bits per heavy atom. The minimum atomic E-state index is -1.94. The molecule has 6 unspecified atom stereocenters. The third kappa shape index (κ3) is 10.2. The van der Waals surface area contributed by atoms with Crippen molar-refractivity contribution in [1.29, 1.82) is 0 Å². The number of hydrogen-bond donors (Lipinski definition) is 3. The lowest BCUT2D eigenvalue weighted by molar-refractivity contribution is 0.0524. The number of aromatic nitrogens is 10. The average molecular weight is 1170 g/mol. The number of pyridine rings is 6. The van der Waals surface area contributed by atoms with Gasteiger partial charge in [-0.1, -0.05) is 142 Å². The predicted octanol–water partition coefficient (Wildman–Crippen LogP) is 11.4. The second kappa shape index (κ2) is 23.2. The summed E-state index contributed by atoms with van der Waals surface area (Å²) in [5.41, 5.74) is 4.85. The summed E-state index contributed by atoms with van der Waals surface area (Å²) in [7, 11) is 0. The Morgan fingerprint density at radius 2 is 0.790 bits per heavy atom. The first-order valence-corrected chi connectivity index (χ1v) is 28.6. The van der Waals surface area contributed by atoms with Crippen LogP contribution >= 0.6 is 20.7 Å². The van der Waals surface area contributed by atoms with Gasteiger partial charge in [0.25, 0.3) is 0 Å². The van der Waals surface area contributed by atoms with Gasteiger partial charge in [0, 0.05) is 127 Å². The predicted molar refractivity (Wildman–Crippen MR) is 320 cm³/mol. The van der Waals surface area contributed by atoms with Crippen molar-refractivity contribution in [2.24, 2.45) is 0 Å². The molecule has 6 atom stereocenters. The minimum Gasteiger partial charge on any atom is -0.379 e. The standard InChI is InChI=1S/C67H51IN10O3/c79-65(56-17-3-1-4-18-56,60(47-13-7-26-68-35-47)48-14-8-27-69-36-48)58-24-22-46(23-25-58)51-33-53(41-73-39-51)62(50-16-10-29-71-38-50)67(81,59-21-11-30-72-45-59)64-77-43-55(44-78-64)52-34-54(42-74-40-52)61(49-15-9-28-70-37-49)66(80,57-19-5-2-6-20-57)63-75-31-12-32-76-63/h1-45,60-62,79-81H. The average Bonchev–Trinajstić information content (AvgIpc) is 3.59. The van der Waals surface area contributed by atoms with Gasteiger partial charge in [0.15, 0.2) is 22.9 Å². The molecule has 9 heterocycles. The highest BCUT2D eigenvalue weighted by molar-refractivity contribution is 14.2. The first kappa shape index (κ1) is 52.4. The Bertz CT molecular complexity index is 3950. The van der Waals surface area contributed by atoms with Gasteiger partial charge >= 0.3 is 0 Å². The van der Waals surface area contributed by atoms with E-state index in [4.69, 9.17) is 19.9 Å². The van der Waals surface area contributed by atoms with E-state index in [0.29, 0.717) is 50.1 Å². The summed E-state index contributed by atoms with van der Waals surface area (Å²) in [6.45, 7) is 0. The molecule has 0 saturated heterocycles. The summed E-state index contributed by atoms with van der Waals surface area (Å²) in [5, 5.41) is 40.3. The van der Waals surface area contributed by atoms with Gasteiger partial charge in [-0.3, -0.25) is 29.9 Å². The van der Waals surface area contributed by atoms with Crippen LogP contribution in [0.25, 0.3) is 22.3 Å². The molecule has 14 heteroatoms. The van der Waals surface area contributed by atoms with Gasteiger partial charge in [0.2, 0.25) is 0 Å². The Labute approximate surface area is 478 Å². The lowest BCUT2D eigenvalue weighted by Crippen LogP contribution is -2.38. The number of aliphatic hydroxyl groups is 3. The van der Waals surface area contributed by atoms with E-state index in [1.54, 1.807) is 105 Å². The first-order valence-electron chi connectivity index (χ1n) is 26.1. The van der Waals surface area contributed by atoms with Crippen LogP contribution in [-0.2, 0) is 16.8 Å². The highest BCUT2D eigenvalue weighted by Crippen LogP contribution is 2.50. The molecule has 81 heavy (non-hydrogen) atoms. The maximum atomic E-state index is 13.8. The van der Waals surface area contributed by atoms with Crippen molar-refractivity contribution in [3.8, 4) is 22.3 Å². The van der Waals surface area contributed by atoms with Crippen LogP contribution in [0.3, 0.4) is 0 Å². The minimum absolute atomic E-state index is 0.103. The summed E-state index contributed by atoms with van der Waals surface area (Å²) >= 11 is -0.339. The molecule has 0 fully saturated rings.